The topological polar surface area (TPSA) is 66.8 Å². The maximum Gasteiger partial charge on any atom is 0.338 e. The molecule has 4 nitrogen and oxygen atoms in total. The maximum atomic E-state index is 12.2. The summed E-state index contributed by atoms with van der Waals surface area (Å²) in [6, 6.07) is 12.1. The molecule has 0 saturated heterocycles. The van der Waals surface area contributed by atoms with Crippen LogP contribution >= 0.6 is 0 Å². The van der Waals surface area contributed by atoms with Gasteiger partial charge in [0.05, 0.1) is 5.56 Å². The van der Waals surface area contributed by atoms with E-state index >= 15 is 0 Å². The van der Waals surface area contributed by atoms with Crippen LogP contribution in [0, 0.1) is 6.92 Å². The summed E-state index contributed by atoms with van der Waals surface area (Å²) in [5, 5.41) is 19.4. The van der Waals surface area contributed by atoms with Crippen LogP contribution in [0.5, 0.6) is 11.5 Å². The number of hydrogen-bond donors (Lipinski definition) is 2. The smallest absolute Gasteiger partial charge is 0.338 e. The normalized spacial score (nSPS) is 20.5. The molecule has 0 spiro atoms. The molecule has 2 aromatic rings. The number of benzene rings is 2. The standard InChI is InChI=1S/C20H22O4/c1-13-2-4-15(5-3-13)20(23)24-17-9-6-14(7-10-17)18-11-8-16(21)12-19(18)22/h2-5,8,11-12,14,17,21-22H,6-7,9-10H2,1H3. The summed E-state index contributed by atoms with van der Waals surface area (Å²) >= 11 is 0. The molecule has 4 heteroatoms. The Balaban J connectivity index is 1.57. The molecule has 1 fully saturated rings. The molecule has 2 N–H and O–H groups in total. The van der Waals surface area contributed by atoms with Gasteiger partial charge in [-0.2, -0.15) is 0 Å². The SMILES string of the molecule is Cc1ccc(C(=O)OC2CCC(c3ccc(O)cc3O)CC2)cc1. The number of aromatic hydroxyl groups is 2. The van der Waals surface area contributed by atoms with Gasteiger partial charge in [0.1, 0.15) is 17.6 Å². The number of hydrogen-bond acceptors (Lipinski definition) is 4. The molecule has 1 aliphatic carbocycles. The Bertz CT molecular complexity index is 713. The molecular weight excluding hydrogens is 304 g/mol. The van der Waals surface area contributed by atoms with Gasteiger partial charge in [-0.15, -0.1) is 0 Å². The molecule has 3 rings (SSSR count). The number of carbonyl (C=O) groups excluding carboxylic acids is 1. The average molecular weight is 326 g/mol. The molecular formula is C20H22O4. The second-order valence-corrected chi connectivity index (χ2v) is 6.49. The molecule has 24 heavy (non-hydrogen) atoms. The molecule has 0 unspecified atom stereocenters. The summed E-state index contributed by atoms with van der Waals surface area (Å²) in [6.07, 6.45) is 3.19. The van der Waals surface area contributed by atoms with Gasteiger partial charge in [0, 0.05) is 6.07 Å². The fourth-order valence-corrected chi connectivity index (χ4v) is 3.28. The van der Waals surface area contributed by atoms with E-state index in [1.54, 1.807) is 24.3 Å². The zero-order valence-corrected chi connectivity index (χ0v) is 13.7. The maximum absolute atomic E-state index is 12.2. The number of carbonyl (C=O) groups is 1. The molecule has 126 valence electrons. The number of phenolic OH excluding ortho intramolecular Hbond substituents is 2. The van der Waals surface area contributed by atoms with E-state index in [-0.39, 0.29) is 29.5 Å². The summed E-state index contributed by atoms with van der Waals surface area (Å²) in [5.41, 5.74) is 2.55. The quantitative estimate of drug-likeness (QED) is 0.826. The minimum atomic E-state index is -0.272. The van der Waals surface area contributed by atoms with Crippen molar-refractivity contribution in [1.82, 2.24) is 0 Å². The summed E-state index contributed by atoms with van der Waals surface area (Å²) in [4.78, 5) is 12.2. The minimum Gasteiger partial charge on any atom is -0.508 e. The Hall–Kier alpha value is -2.49. The van der Waals surface area contributed by atoms with Crippen molar-refractivity contribution in [2.75, 3.05) is 0 Å². The van der Waals surface area contributed by atoms with Crippen LogP contribution < -0.4 is 0 Å². The van der Waals surface area contributed by atoms with E-state index in [1.807, 2.05) is 19.1 Å². The van der Waals surface area contributed by atoms with Gasteiger partial charge >= 0.3 is 5.97 Å². The summed E-state index contributed by atoms with van der Waals surface area (Å²) in [6.45, 7) is 1.98. The van der Waals surface area contributed by atoms with E-state index in [4.69, 9.17) is 4.74 Å². The first-order valence-electron chi connectivity index (χ1n) is 8.32. The third-order valence-electron chi connectivity index (χ3n) is 4.69. The van der Waals surface area contributed by atoms with Gasteiger partial charge in [0.25, 0.3) is 0 Å². The van der Waals surface area contributed by atoms with Crippen molar-refractivity contribution in [3.63, 3.8) is 0 Å². The van der Waals surface area contributed by atoms with E-state index in [2.05, 4.69) is 0 Å². The van der Waals surface area contributed by atoms with Gasteiger partial charge in [-0.3, -0.25) is 0 Å². The van der Waals surface area contributed by atoms with Crippen molar-refractivity contribution in [3.8, 4) is 11.5 Å². The second-order valence-electron chi connectivity index (χ2n) is 6.49. The lowest BCUT2D eigenvalue weighted by Gasteiger charge is -2.29. The largest absolute Gasteiger partial charge is 0.508 e. The first-order valence-corrected chi connectivity index (χ1v) is 8.32. The van der Waals surface area contributed by atoms with Crippen LogP contribution in [0.2, 0.25) is 0 Å². The van der Waals surface area contributed by atoms with E-state index in [1.165, 1.54) is 6.07 Å². The highest BCUT2D eigenvalue weighted by atomic mass is 16.5. The summed E-state index contributed by atoms with van der Waals surface area (Å²) in [7, 11) is 0. The lowest BCUT2D eigenvalue weighted by Crippen LogP contribution is -2.24. The van der Waals surface area contributed by atoms with Crippen molar-refractivity contribution < 1.29 is 19.7 Å². The highest BCUT2D eigenvalue weighted by molar-refractivity contribution is 5.89. The van der Waals surface area contributed by atoms with Gasteiger partial charge in [0.15, 0.2) is 0 Å². The van der Waals surface area contributed by atoms with E-state index in [0.29, 0.717) is 5.56 Å². The Labute approximate surface area is 141 Å². The van der Waals surface area contributed by atoms with Crippen LogP contribution in [0.15, 0.2) is 42.5 Å². The first-order chi connectivity index (χ1) is 11.5. The van der Waals surface area contributed by atoms with Crippen molar-refractivity contribution >= 4 is 5.97 Å². The van der Waals surface area contributed by atoms with Crippen LogP contribution in [0.4, 0.5) is 0 Å². The highest BCUT2D eigenvalue weighted by Gasteiger charge is 2.26. The van der Waals surface area contributed by atoms with E-state index in [0.717, 1.165) is 36.8 Å². The lowest BCUT2D eigenvalue weighted by molar-refractivity contribution is 0.0194. The van der Waals surface area contributed by atoms with Crippen LogP contribution in [0.25, 0.3) is 0 Å². The molecule has 0 heterocycles. The van der Waals surface area contributed by atoms with Gasteiger partial charge in [-0.25, -0.2) is 4.79 Å². The van der Waals surface area contributed by atoms with Crippen molar-refractivity contribution in [2.45, 2.75) is 44.6 Å². The average Bonchev–Trinajstić information content (AvgIpc) is 2.56. The fourth-order valence-electron chi connectivity index (χ4n) is 3.28. The number of esters is 1. The Morgan fingerprint density at radius 2 is 1.67 bits per heavy atom. The molecule has 0 aliphatic heterocycles. The Morgan fingerprint density at radius 3 is 2.29 bits per heavy atom. The number of rotatable bonds is 3. The molecule has 0 amide bonds. The number of aryl methyl sites for hydroxylation is 1. The predicted octanol–water partition coefficient (Wildman–Crippen LogP) is 4.29. The van der Waals surface area contributed by atoms with Gasteiger partial charge < -0.3 is 14.9 Å². The van der Waals surface area contributed by atoms with Crippen LogP contribution in [0.3, 0.4) is 0 Å². The van der Waals surface area contributed by atoms with E-state index in [9.17, 15) is 15.0 Å². The fraction of sp³-hybridized carbons (Fsp3) is 0.350. The van der Waals surface area contributed by atoms with Crippen molar-refractivity contribution in [1.29, 1.82) is 0 Å². The molecule has 0 atom stereocenters. The van der Waals surface area contributed by atoms with Crippen molar-refractivity contribution in [3.05, 3.63) is 59.2 Å². The number of phenols is 2. The Kier molecular flexibility index (Phi) is 4.74. The third kappa shape index (κ3) is 3.70. The van der Waals surface area contributed by atoms with E-state index < -0.39 is 0 Å². The van der Waals surface area contributed by atoms with Gasteiger partial charge in [0.2, 0.25) is 0 Å². The molecule has 2 aromatic carbocycles. The van der Waals surface area contributed by atoms with Gasteiger partial charge in [-0.1, -0.05) is 23.8 Å². The van der Waals surface area contributed by atoms with Crippen LogP contribution in [0.1, 0.15) is 53.1 Å². The third-order valence-corrected chi connectivity index (χ3v) is 4.69. The molecule has 1 saturated carbocycles. The zero-order chi connectivity index (χ0) is 17.1. The number of ether oxygens (including phenoxy) is 1. The second kappa shape index (κ2) is 6.95. The monoisotopic (exact) mass is 326 g/mol. The van der Waals surface area contributed by atoms with Crippen LogP contribution in [-0.2, 0) is 4.74 Å². The lowest BCUT2D eigenvalue weighted by atomic mass is 9.82. The first kappa shape index (κ1) is 16.4. The predicted molar refractivity (Wildman–Crippen MR) is 91.4 cm³/mol. The van der Waals surface area contributed by atoms with Gasteiger partial charge in [-0.05, 0) is 62.3 Å². The van der Waals surface area contributed by atoms with Crippen molar-refractivity contribution in [2.24, 2.45) is 0 Å². The molecule has 0 radical (unpaired) electrons. The zero-order valence-electron chi connectivity index (χ0n) is 13.7. The molecule has 0 bridgehead atoms. The highest BCUT2D eigenvalue weighted by Crippen LogP contribution is 2.39. The summed E-state index contributed by atoms with van der Waals surface area (Å²) in [5.74, 6) is 0.165. The van der Waals surface area contributed by atoms with Crippen LogP contribution in [-0.4, -0.2) is 22.3 Å². The molecule has 0 aromatic heterocycles. The Morgan fingerprint density at radius 1 is 1.00 bits per heavy atom. The summed E-state index contributed by atoms with van der Waals surface area (Å²) < 4.78 is 5.61. The molecule has 1 aliphatic rings. The minimum absolute atomic E-state index is 0.0666.